The number of halogens is 2. The van der Waals surface area contributed by atoms with Gasteiger partial charge in [0.2, 0.25) is 0 Å². The molecule has 0 aliphatic heterocycles. The molecule has 0 aliphatic rings. The molecule has 0 atom stereocenters. The van der Waals surface area contributed by atoms with Crippen molar-refractivity contribution in [3.05, 3.63) is 57.0 Å². The largest absolute Gasteiger partial charge is 0.457 e. The van der Waals surface area contributed by atoms with E-state index in [2.05, 4.69) is 28.2 Å². The summed E-state index contributed by atoms with van der Waals surface area (Å²) in [6.07, 6.45) is 0.890. The van der Waals surface area contributed by atoms with E-state index in [1.807, 2.05) is 43.4 Å². The van der Waals surface area contributed by atoms with Gasteiger partial charge in [-0.25, -0.2) is 0 Å². The van der Waals surface area contributed by atoms with Gasteiger partial charge >= 0.3 is 0 Å². The molecule has 106 valence electrons. The maximum absolute atomic E-state index is 6.11. The van der Waals surface area contributed by atoms with Gasteiger partial charge < -0.3 is 10.1 Å². The van der Waals surface area contributed by atoms with Crippen molar-refractivity contribution in [2.24, 2.45) is 0 Å². The summed E-state index contributed by atoms with van der Waals surface area (Å²) in [5, 5.41) is 3.91. The summed E-state index contributed by atoms with van der Waals surface area (Å²) in [6, 6.07) is 11.7. The molecule has 0 aliphatic carbocycles. The molecule has 0 heterocycles. The highest BCUT2D eigenvalue weighted by molar-refractivity contribution is 9.10. The molecular formula is C16H17BrClNO. The first-order valence-electron chi connectivity index (χ1n) is 6.53. The summed E-state index contributed by atoms with van der Waals surface area (Å²) in [5.74, 6) is 1.61. The molecule has 0 bridgehead atoms. The molecule has 0 spiro atoms. The minimum absolute atomic E-state index is 0.783. The lowest BCUT2D eigenvalue weighted by Gasteiger charge is -2.10. The topological polar surface area (TPSA) is 21.3 Å². The fourth-order valence-electron chi connectivity index (χ4n) is 1.95. The second-order valence-electron chi connectivity index (χ2n) is 4.49. The minimum Gasteiger partial charge on any atom is -0.457 e. The van der Waals surface area contributed by atoms with Crippen LogP contribution in [0.3, 0.4) is 0 Å². The Morgan fingerprint density at radius 2 is 1.80 bits per heavy atom. The zero-order valence-electron chi connectivity index (χ0n) is 11.5. The maximum atomic E-state index is 6.11. The van der Waals surface area contributed by atoms with E-state index in [1.165, 1.54) is 5.56 Å². The van der Waals surface area contributed by atoms with Gasteiger partial charge in [-0.05, 0) is 54.9 Å². The molecule has 0 unspecified atom stereocenters. The molecule has 0 saturated heterocycles. The summed E-state index contributed by atoms with van der Waals surface area (Å²) in [4.78, 5) is 0. The van der Waals surface area contributed by atoms with Crippen molar-refractivity contribution >= 4 is 27.5 Å². The molecule has 2 aromatic rings. The second kappa shape index (κ2) is 7.11. The Labute approximate surface area is 133 Å². The summed E-state index contributed by atoms with van der Waals surface area (Å²) in [6.45, 7) is 2.90. The monoisotopic (exact) mass is 353 g/mol. The number of nitrogens with one attached hydrogen (secondary N) is 1. The van der Waals surface area contributed by atoms with Crippen LogP contribution in [-0.4, -0.2) is 7.05 Å². The predicted molar refractivity (Wildman–Crippen MR) is 87.8 cm³/mol. The number of ether oxygens (including phenoxy) is 1. The van der Waals surface area contributed by atoms with Gasteiger partial charge in [0.1, 0.15) is 11.5 Å². The zero-order chi connectivity index (χ0) is 14.5. The van der Waals surface area contributed by atoms with E-state index in [9.17, 15) is 0 Å². The van der Waals surface area contributed by atoms with Crippen LogP contribution in [-0.2, 0) is 13.0 Å². The van der Waals surface area contributed by atoms with E-state index in [-0.39, 0.29) is 0 Å². The van der Waals surface area contributed by atoms with Crippen LogP contribution in [0.25, 0.3) is 0 Å². The Morgan fingerprint density at radius 1 is 1.10 bits per heavy atom. The van der Waals surface area contributed by atoms with Crippen molar-refractivity contribution in [2.75, 3.05) is 7.05 Å². The lowest BCUT2D eigenvalue weighted by Crippen LogP contribution is -2.05. The highest BCUT2D eigenvalue weighted by Crippen LogP contribution is 2.29. The van der Waals surface area contributed by atoms with Gasteiger partial charge in [0.15, 0.2) is 0 Å². The molecule has 0 saturated carbocycles. The number of rotatable bonds is 5. The van der Waals surface area contributed by atoms with Gasteiger partial charge in [-0.3, -0.25) is 0 Å². The standard InChI is InChI=1S/C16H17BrClNO/c1-3-11-8-13(6-7-16(11)18)20-14-5-4-12(10-19-2)15(17)9-14/h4-9,19H,3,10H2,1-2H3. The van der Waals surface area contributed by atoms with Gasteiger partial charge in [0, 0.05) is 16.0 Å². The van der Waals surface area contributed by atoms with Crippen LogP contribution in [0.2, 0.25) is 5.02 Å². The van der Waals surface area contributed by atoms with E-state index in [4.69, 9.17) is 16.3 Å². The molecule has 0 amide bonds. The fraction of sp³-hybridized carbons (Fsp3) is 0.250. The van der Waals surface area contributed by atoms with Gasteiger partial charge in [-0.1, -0.05) is 40.5 Å². The van der Waals surface area contributed by atoms with E-state index >= 15 is 0 Å². The van der Waals surface area contributed by atoms with Gasteiger partial charge in [0.05, 0.1) is 0 Å². The van der Waals surface area contributed by atoms with E-state index in [0.717, 1.165) is 39.5 Å². The highest BCUT2D eigenvalue weighted by atomic mass is 79.9. The van der Waals surface area contributed by atoms with Crippen molar-refractivity contribution in [3.8, 4) is 11.5 Å². The average Bonchev–Trinajstić information content (AvgIpc) is 2.44. The van der Waals surface area contributed by atoms with Crippen LogP contribution in [0, 0.1) is 0 Å². The number of benzene rings is 2. The summed E-state index contributed by atoms with van der Waals surface area (Å²) in [7, 11) is 1.93. The number of hydrogen-bond donors (Lipinski definition) is 1. The van der Waals surface area contributed by atoms with Crippen LogP contribution < -0.4 is 10.1 Å². The van der Waals surface area contributed by atoms with Gasteiger partial charge in [-0.2, -0.15) is 0 Å². The van der Waals surface area contributed by atoms with Crippen LogP contribution in [0.1, 0.15) is 18.1 Å². The first-order valence-corrected chi connectivity index (χ1v) is 7.70. The Kier molecular flexibility index (Phi) is 5.46. The summed E-state index contributed by atoms with van der Waals surface area (Å²) in [5.41, 5.74) is 2.29. The first-order chi connectivity index (χ1) is 9.63. The third kappa shape index (κ3) is 3.75. The quantitative estimate of drug-likeness (QED) is 0.799. The van der Waals surface area contributed by atoms with E-state index < -0.39 is 0 Å². The summed E-state index contributed by atoms with van der Waals surface area (Å²) >= 11 is 9.67. The minimum atomic E-state index is 0.783. The molecule has 1 N–H and O–H groups in total. The Hall–Kier alpha value is -1.03. The molecule has 0 aromatic heterocycles. The molecular weight excluding hydrogens is 338 g/mol. The maximum Gasteiger partial charge on any atom is 0.128 e. The molecule has 0 radical (unpaired) electrons. The smallest absolute Gasteiger partial charge is 0.128 e. The summed E-state index contributed by atoms with van der Waals surface area (Å²) < 4.78 is 6.92. The van der Waals surface area contributed by atoms with Crippen molar-refractivity contribution in [1.82, 2.24) is 5.32 Å². The molecule has 20 heavy (non-hydrogen) atoms. The number of aryl methyl sites for hydroxylation is 1. The molecule has 2 rings (SSSR count). The third-order valence-corrected chi connectivity index (χ3v) is 4.13. The lowest BCUT2D eigenvalue weighted by atomic mass is 10.1. The van der Waals surface area contributed by atoms with Gasteiger partial charge in [0.25, 0.3) is 0 Å². The normalized spacial score (nSPS) is 10.6. The Bertz CT molecular complexity index is 601. The molecule has 2 aromatic carbocycles. The predicted octanol–water partition coefficient (Wildman–Crippen LogP) is 5.18. The van der Waals surface area contributed by atoms with E-state index in [0.29, 0.717) is 0 Å². The fourth-order valence-corrected chi connectivity index (χ4v) is 2.70. The van der Waals surface area contributed by atoms with Crippen molar-refractivity contribution in [1.29, 1.82) is 0 Å². The highest BCUT2D eigenvalue weighted by Gasteiger charge is 2.05. The Balaban J connectivity index is 2.19. The molecule has 4 heteroatoms. The molecule has 0 fully saturated rings. The number of hydrogen-bond acceptors (Lipinski definition) is 2. The van der Waals surface area contributed by atoms with Gasteiger partial charge in [-0.15, -0.1) is 0 Å². The Morgan fingerprint density at radius 3 is 2.45 bits per heavy atom. The SMILES string of the molecule is CCc1cc(Oc2ccc(CNC)c(Br)c2)ccc1Cl. The van der Waals surface area contributed by atoms with Crippen molar-refractivity contribution < 1.29 is 4.74 Å². The van der Waals surface area contributed by atoms with Crippen molar-refractivity contribution in [3.63, 3.8) is 0 Å². The third-order valence-electron chi connectivity index (χ3n) is 3.03. The van der Waals surface area contributed by atoms with Crippen LogP contribution in [0.4, 0.5) is 0 Å². The van der Waals surface area contributed by atoms with Crippen LogP contribution in [0.5, 0.6) is 11.5 Å². The van der Waals surface area contributed by atoms with Crippen LogP contribution >= 0.6 is 27.5 Å². The second-order valence-corrected chi connectivity index (χ2v) is 5.75. The first kappa shape index (κ1) is 15.4. The van der Waals surface area contributed by atoms with E-state index in [1.54, 1.807) is 0 Å². The lowest BCUT2D eigenvalue weighted by molar-refractivity contribution is 0.481. The molecule has 2 nitrogen and oxygen atoms in total. The average molecular weight is 355 g/mol. The van der Waals surface area contributed by atoms with Crippen molar-refractivity contribution in [2.45, 2.75) is 19.9 Å². The zero-order valence-corrected chi connectivity index (χ0v) is 13.9. The van der Waals surface area contributed by atoms with Crippen LogP contribution in [0.15, 0.2) is 40.9 Å².